The zero-order chi connectivity index (χ0) is 16.9. The second kappa shape index (κ2) is 7.48. The normalized spacial score (nSPS) is 11.0. The number of benzene rings is 2. The van der Waals surface area contributed by atoms with E-state index in [1.807, 2.05) is 0 Å². The minimum absolute atomic E-state index is 0.0236. The van der Waals surface area contributed by atoms with E-state index in [1.165, 1.54) is 19.2 Å². The van der Waals surface area contributed by atoms with Crippen LogP contribution in [0.5, 0.6) is 5.75 Å². The maximum absolute atomic E-state index is 12.2. The molecule has 0 atom stereocenters. The Morgan fingerprint density at radius 3 is 2.26 bits per heavy atom. The van der Waals surface area contributed by atoms with Crippen LogP contribution in [0.15, 0.2) is 53.4 Å². The van der Waals surface area contributed by atoms with Gasteiger partial charge in [0.15, 0.2) is 9.84 Å². The van der Waals surface area contributed by atoms with Crippen LogP contribution in [0.3, 0.4) is 0 Å². The fourth-order valence-corrected chi connectivity index (χ4v) is 3.19. The number of carbonyl (C=O) groups excluding carboxylic acids is 1. The summed E-state index contributed by atoms with van der Waals surface area (Å²) >= 11 is 5.75. The largest absolute Gasteiger partial charge is 0.497 e. The van der Waals surface area contributed by atoms with Crippen LogP contribution >= 0.6 is 11.6 Å². The molecule has 0 aliphatic rings. The Morgan fingerprint density at radius 2 is 1.70 bits per heavy atom. The molecule has 1 amide bonds. The van der Waals surface area contributed by atoms with Crippen LogP contribution in [0, 0.1) is 0 Å². The van der Waals surface area contributed by atoms with Crippen molar-refractivity contribution < 1.29 is 17.9 Å². The lowest BCUT2D eigenvalue weighted by molar-refractivity contribution is 0.0956. The van der Waals surface area contributed by atoms with Gasteiger partial charge < -0.3 is 10.1 Å². The van der Waals surface area contributed by atoms with Crippen LogP contribution in [0.25, 0.3) is 0 Å². The summed E-state index contributed by atoms with van der Waals surface area (Å²) in [6, 6.07) is 12.5. The van der Waals surface area contributed by atoms with Gasteiger partial charge in [0, 0.05) is 17.1 Å². The summed E-state index contributed by atoms with van der Waals surface area (Å²) in [5.41, 5.74) is 0.427. The quantitative estimate of drug-likeness (QED) is 0.866. The van der Waals surface area contributed by atoms with Crippen LogP contribution in [-0.2, 0) is 9.84 Å². The van der Waals surface area contributed by atoms with Gasteiger partial charge in [-0.2, -0.15) is 0 Å². The van der Waals surface area contributed by atoms with Crippen molar-refractivity contribution in [2.75, 3.05) is 19.4 Å². The molecule has 0 fully saturated rings. The lowest BCUT2D eigenvalue weighted by Crippen LogP contribution is -2.29. The number of carbonyl (C=O) groups is 1. The number of methoxy groups -OCH3 is 1. The summed E-state index contributed by atoms with van der Waals surface area (Å²) in [5, 5.41) is 3.11. The molecule has 0 saturated heterocycles. The van der Waals surface area contributed by atoms with Gasteiger partial charge in [0.1, 0.15) is 5.75 Å². The summed E-state index contributed by atoms with van der Waals surface area (Å²) in [6.45, 7) is 0.0236. The molecule has 1 N–H and O–H groups in total. The predicted molar refractivity (Wildman–Crippen MR) is 88.8 cm³/mol. The Morgan fingerprint density at radius 1 is 1.09 bits per heavy atom. The molecule has 5 nitrogen and oxygen atoms in total. The van der Waals surface area contributed by atoms with Gasteiger partial charge in [0.05, 0.1) is 17.8 Å². The highest BCUT2D eigenvalue weighted by Gasteiger charge is 2.15. The third kappa shape index (κ3) is 4.71. The van der Waals surface area contributed by atoms with Gasteiger partial charge in [-0.25, -0.2) is 8.42 Å². The molecular weight excluding hydrogens is 338 g/mol. The van der Waals surface area contributed by atoms with Gasteiger partial charge >= 0.3 is 0 Å². The van der Waals surface area contributed by atoms with Gasteiger partial charge in [0.2, 0.25) is 0 Å². The molecule has 0 bridgehead atoms. The lowest BCUT2D eigenvalue weighted by Gasteiger charge is -2.07. The summed E-state index contributed by atoms with van der Waals surface area (Å²) in [5.74, 6) is 0.0603. The van der Waals surface area contributed by atoms with Crippen molar-refractivity contribution in [2.45, 2.75) is 4.90 Å². The number of sulfone groups is 1. The highest BCUT2D eigenvalue weighted by atomic mass is 35.5. The van der Waals surface area contributed by atoms with Crippen LogP contribution in [0.2, 0.25) is 5.02 Å². The molecule has 0 heterocycles. The second-order valence-corrected chi connectivity index (χ2v) is 7.30. The summed E-state index contributed by atoms with van der Waals surface area (Å²) < 4.78 is 29.4. The van der Waals surface area contributed by atoms with E-state index in [4.69, 9.17) is 16.3 Å². The highest BCUT2D eigenvalue weighted by molar-refractivity contribution is 7.91. The van der Waals surface area contributed by atoms with Crippen molar-refractivity contribution in [3.63, 3.8) is 0 Å². The molecule has 2 aromatic carbocycles. The smallest absolute Gasteiger partial charge is 0.251 e. The van der Waals surface area contributed by atoms with Crippen molar-refractivity contribution in [1.82, 2.24) is 5.32 Å². The van der Waals surface area contributed by atoms with Crippen molar-refractivity contribution in [2.24, 2.45) is 0 Å². The average Bonchev–Trinajstić information content (AvgIpc) is 2.55. The molecule has 0 radical (unpaired) electrons. The van der Waals surface area contributed by atoms with Crippen molar-refractivity contribution in [1.29, 1.82) is 0 Å². The maximum atomic E-state index is 12.2. The van der Waals surface area contributed by atoms with E-state index in [9.17, 15) is 13.2 Å². The Bertz CT molecular complexity index is 771. The van der Waals surface area contributed by atoms with Crippen LogP contribution in [0.4, 0.5) is 0 Å². The molecule has 2 rings (SSSR count). The molecule has 23 heavy (non-hydrogen) atoms. The van der Waals surface area contributed by atoms with Crippen molar-refractivity contribution in [3.05, 3.63) is 59.1 Å². The van der Waals surface area contributed by atoms with Crippen LogP contribution < -0.4 is 10.1 Å². The van der Waals surface area contributed by atoms with E-state index in [0.29, 0.717) is 16.3 Å². The first-order valence-corrected chi connectivity index (χ1v) is 8.86. The second-order valence-electron chi connectivity index (χ2n) is 4.76. The number of hydrogen-bond donors (Lipinski definition) is 1. The summed E-state index contributed by atoms with van der Waals surface area (Å²) in [4.78, 5) is 12.1. The maximum Gasteiger partial charge on any atom is 0.251 e. The zero-order valence-electron chi connectivity index (χ0n) is 12.5. The fourth-order valence-electron chi connectivity index (χ4n) is 1.90. The molecule has 0 aliphatic heterocycles. The number of nitrogens with one attached hydrogen (secondary N) is 1. The number of hydrogen-bond acceptors (Lipinski definition) is 4. The van der Waals surface area contributed by atoms with E-state index < -0.39 is 9.84 Å². The third-order valence-corrected chi connectivity index (χ3v) is 5.17. The van der Waals surface area contributed by atoms with Crippen molar-refractivity contribution in [3.8, 4) is 5.75 Å². The Kier molecular flexibility index (Phi) is 5.63. The number of ether oxygens (including phenoxy) is 1. The summed E-state index contributed by atoms with van der Waals surface area (Å²) in [6.07, 6.45) is 0. The average molecular weight is 354 g/mol. The van der Waals surface area contributed by atoms with Gasteiger partial charge in [0.25, 0.3) is 5.91 Å². The Labute approximate surface area is 140 Å². The highest BCUT2D eigenvalue weighted by Crippen LogP contribution is 2.16. The van der Waals surface area contributed by atoms with Gasteiger partial charge in [-0.05, 0) is 48.5 Å². The lowest BCUT2D eigenvalue weighted by atomic mass is 10.2. The van der Waals surface area contributed by atoms with E-state index >= 15 is 0 Å². The molecule has 0 saturated carbocycles. The van der Waals surface area contributed by atoms with E-state index in [0.717, 1.165) is 0 Å². The van der Waals surface area contributed by atoms with Crippen molar-refractivity contribution >= 4 is 27.3 Å². The first kappa shape index (κ1) is 17.3. The van der Waals surface area contributed by atoms with Crippen LogP contribution in [-0.4, -0.2) is 33.7 Å². The van der Waals surface area contributed by atoms with E-state index in [-0.39, 0.29) is 23.1 Å². The van der Waals surface area contributed by atoms with Crippen LogP contribution in [0.1, 0.15) is 10.4 Å². The molecule has 0 spiro atoms. The van der Waals surface area contributed by atoms with Gasteiger partial charge in [-0.1, -0.05) is 11.6 Å². The van der Waals surface area contributed by atoms with Gasteiger partial charge in [-0.15, -0.1) is 0 Å². The first-order chi connectivity index (χ1) is 10.9. The van der Waals surface area contributed by atoms with Gasteiger partial charge in [-0.3, -0.25) is 4.79 Å². The van der Waals surface area contributed by atoms with E-state index in [1.54, 1.807) is 36.4 Å². The molecular formula is C16H16ClNO4S. The monoisotopic (exact) mass is 353 g/mol. The standard InChI is InChI=1S/C16H16ClNO4S/c1-22-14-6-8-15(9-7-14)23(20,21)11-10-18-16(19)12-2-4-13(17)5-3-12/h2-9H,10-11H2,1H3,(H,18,19). The first-order valence-electron chi connectivity index (χ1n) is 6.83. The Hall–Kier alpha value is -2.05. The Balaban J connectivity index is 1.93. The van der Waals surface area contributed by atoms with E-state index in [2.05, 4.69) is 5.32 Å². The number of halogens is 1. The molecule has 0 unspecified atom stereocenters. The zero-order valence-corrected chi connectivity index (χ0v) is 14.0. The number of amides is 1. The number of rotatable bonds is 6. The fraction of sp³-hybridized carbons (Fsp3) is 0.188. The predicted octanol–water partition coefficient (Wildman–Crippen LogP) is 2.55. The minimum atomic E-state index is -3.46. The topological polar surface area (TPSA) is 72.5 Å². The minimum Gasteiger partial charge on any atom is -0.497 e. The molecule has 7 heteroatoms. The summed E-state index contributed by atoms with van der Waals surface area (Å²) in [7, 11) is -1.95. The molecule has 2 aromatic rings. The molecule has 122 valence electrons. The molecule has 0 aliphatic carbocycles. The SMILES string of the molecule is COc1ccc(S(=O)(=O)CCNC(=O)c2ccc(Cl)cc2)cc1. The molecule has 0 aromatic heterocycles. The third-order valence-electron chi connectivity index (χ3n) is 3.18.